The van der Waals surface area contributed by atoms with E-state index in [2.05, 4.69) is 21.0 Å². The molecule has 2 aromatic rings. The molecule has 0 fully saturated rings. The van der Waals surface area contributed by atoms with Gasteiger partial charge in [0.05, 0.1) is 15.9 Å². The Morgan fingerprint density at radius 3 is 2.47 bits per heavy atom. The lowest BCUT2D eigenvalue weighted by atomic mass is 10.0. The van der Waals surface area contributed by atoms with Crippen LogP contribution in [0.5, 0.6) is 0 Å². The molecule has 1 heterocycles. The number of halogens is 2. The quantitative estimate of drug-likeness (QED) is 0.939. The van der Waals surface area contributed by atoms with Crippen LogP contribution in [0.25, 0.3) is 0 Å². The first-order valence-corrected chi connectivity index (χ1v) is 6.94. The van der Waals surface area contributed by atoms with Crippen molar-refractivity contribution in [1.82, 2.24) is 9.78 Å². The van der Waals surface area contributed by atoms with Gasteiger partial charge in [0.1, 0.15) is 5.82 Å². The SMILES string of the molecule is Cc1nn(C)c(CC(N)Cc2ccc(F)cc2)c1Br. The highest BCUT2D eigenvalue weighted by Gasteiger charge is 2.14. The van der Waals surface area contributed by atoms with Crippen LogP contribution in [0.1, 0.15) is 17.0 Å². The van der Waals surface area contributed by atoms with E-state index in [1.54, 1.807) is 12.1 Å². The van der Waals surface area contributed by atoms with Crippen LogP contribution < -0.4 is 5.73 Å². The average molecular weight is 326 g/mol. The fraction of sp³-hybridized carbons (Fsp3) is 0.357. The van der Waals surface area contributed by atoms with Crippen LogP contribution in [0.3, 0.4) is 0 Å². The van der Waals surface area contributed by atoms with E-state index in [1.807, 2.05) is 18.7 Å². The Morgan fingerprint density at radius 2 is 1.95 bits per heavy atom. The Labute approximate surface area is 120 Å². The van der Waals surface area contributed by atoms with Gasteiger partial charge in [-0.05, 0) is 47.0 Å². The lowest BCUT2D eigenvalue weighted by molar-refractivity contribution is 0.606. The fourth-order valence-corrected chi connectivity index (χ4v) is 2.64. The van der Waals surface area contributed by atoms with E-state index in [0.717, 1.165) is 34.3 Å². The fourth-order valence-electron chi connectivity index (χ4n) is 2.15. The van der Waals surface area contributed by atoms with E-state index in [4.69, 9.17) is 5.73 Å². The summed E-state index contributed by atoms with van der Waals surface area (Å²) in [5.41, 5.74) is 9.27. The maximum atomic E-state index is 12.8. The second kappa shape index (κ2) is 5.84. The molecule has 102 valence electrons. The highest BCUT2D eigenvalue weighted by molar-refractivity contribution is 9.10. The van der Waals surface area contributed by atoms with Gasteiger partial charge in [0, 0.05) is 19.5 Å². The minimum Gasteiger partial charge on any atom is -0.327 e. The maximum absolute atomic E-state index is 12.8. The lowest BCUT2D eigenvalue weighted by Gasteiger charge is -2.12. The minimum atomic E-state index is -0.220. The molecule has 0 bridgehead atoms. The number of aromatic nitrogens is 2. The van der Waals surface area contributed by atoms with Gasteiger partial charge in [0.15, 0.2) is 0 Å². The van der Waals surface area contributed by atoms with Crippen molar-refractivity contribution >= 4 is 15.9 Å². The molecule has 5 heteroatoms. The summed E-state index contributed by atoms with van der Waals surface area (Å²) in [6.45, 7) is 1.96. The minimum absolute atomic E-state index is 0.0171. The third-order valence-electron chi connectivity index (χ3n) is 3.13. The third kappa shape index (κ3) is 3.42. The molecular weight excluding hydrogens is 309 g/mol. The zero-order valence-corrected chi connectivity index (χ0v) is 12.6. The summed E-state index contributed by atoms with van der Waals surface area (Å²) in [6.07, 6.45) is 1.45. The molecule has 0 saturated heterocycles. The molecule has 2 N–H and O–H groups in total. The number of hydrogen-bond donors (Lipinski definition) is 1. The summed E-state index contributed by atoms with van der Waals surface area (Å²) in [7, 11) is 1.91. The summed E-state index contributed by atoms with van der Waals surface area (Å²) < 4.78 is 15.7. The van der Waals surface area contributed by atoms with Gasteiger partial charge in [0.2, 0.25) is 0 Å². The highest BCUT2D eigenvalue weighted by Crippen LogP contribution is 2.21. The smallest absolute Gasteiger partial charge is 0.123 e. The largest absolute Gasteiger partial charge is 0.327 e. The summed E-state index contributed by atoms with van der Waals surface area (Å²) in [5.74, 6) is -0.220. The second-order valence-corrected chi connectivity index (χ2v) is 5.56. The number of nitrogens with zero attached hydrogens (tertiary/aromatic N) is 2. The molecule has 1 unspecified atom stereocenters. The van der Waals surface area contributed by atoms with Crippen LogP contribution in [0, 0.1) is 12.7 Å². The Hall–Kier alpha value is -1.20. The summed E-state index contributed by atoms with van der Waals surface area (Å²) in [5, 5.41) is 4.35. The topological polar surface area (TPSA) is 43.8 Å². The highest BCUT2D eigenvalue weighted by atomic mass is 79.9. The van der Waals surface area contributed by atoms with E-state index in [9.17, 15) is 4.39 Å². The van der Waals surface area contributed by atoms with Crippen LogP contribution in [0.4, 0.5) is 4.39 Å². The molecule has 0 aliphatic heterocycles. The van der Waals surface area contributed by atoms with Crippen molar-refractivity contribution < 1.29 is 4.39 Å². The second-order valence-electron chi connectivity index (χ2n) is 4.76. The van der Waals surface area contributed by atoms with Crippen molar-refractivity contribution in [3.05, 3.63) is 51.5 Å². The molecule has 0 radical (unpaired) electrons. The van der Waals surface area contributed by atoms with Crippen LogP contribution in [-0.2, 0) is 19.9 Å². The predicted molar refractivity (Wildman–Crippen MR) is 77.4 cm³/mol. The van der Waals surface area contributed by atoms with Crippen molar-refractivity contribution in [2.45, 2.75) is 25.8 Å². The maximum Gasteiger partial charge on any atom is 0.123 e. The number of hydrogen-bond acceptors (Lipinski definition) is 2. The Kier molecular flexibility index (Phi) is 4.37. The van der Waals surface area contributed by atoms with Crippen molar-refractivity contribution in [2.24, 2.45) is 12.8 Å². The summed E-state index contributed by atoms with van der Waals surface area (Å²) in [4.78, 5) is 0. The molecule has 2 rings (SSSR count). The number of rotatable bonds is 4. The number of benzene rings is 1. The standard InChI is InChI=1S/C14H17BrFN3/c1-9-14(15)13(19(2)18-9)8-12(17)7-10-3-5-11(16)6-4-10/h3-6,12H,7-8,17H2,1-2H3. The van der Waals surface area contributed by atoms with E-state index in [-0.39, 0.29) is 11.9 Å². The van der Waals surface area contributed by atoms with Crippen LogP contribution in [-0.4, -0.2) is 15.8 Å². The molecular formula is C14H17BrFN3. The molecule has 0 spiro atoms. The van der Waals surface area contributed by atoms with E-state index in [0.29, 0.717) is 0 Å². The molecule has 1 aromatic heterocycles. The molecule has 19 heavy (non-hydrogen) atoms. The van der Waals surface area contributed by atoms with Crippen molar-refractivity contribution in [3.8, 4) is 0 Å². The molecule has 0 aliphatic carbocycles. The molecule has 3 nitrogen and oxygen atoms in total. The number of nitrogens with two attached hydrogens (primary N) is 1. The van der Waals surface area contributed by atoms with Crippen molar-refractivity contribution in [3.63, 3.8) is 0 Å². The molecule has 0 saturated carbocycles. The van der Waals surface area contributed by atoms with Crippen molar-refractivity contribution in [1.29, 1.82) is 0 Å². The van der Waals surface area contributed by atoms with Gasteiger partial charge in [-0.15, -0.1) is 0 Å². The van der Waals surface area contributed by atoms with Gasteiger partial charge in [-0.1, -0.05) is 12.1 Å². The normalized spacial score (nSPS) is 12.7. The van der Waals surface area contributed by atoms with Crippen LogP contribution in [0.15, 0.2) is 28.7 Å². The van der Waals surface area contributed by atoms with Gasteiger partial charge in [0.25, 0.3) is 0 Å². The number of aryl methyl sites for hydroxylation is 2. The Morgan fingerprint density at radius 1 is 1.32 bits per heavy atom. The molecule has 1 atom stereocenters. The first-order chi connectivity index (χ1) is 8.97. The van der Waals surface area contributed by atoms with Gasteiger partial charge < -0.3 is 5.73 Å². The molecule has 0 aliphatic rings. The molecule has 1 aromatic carbocycles. The van der Waals surface area contributed by atoms with Crippen LogP contribution >= 0.6 is 15.9 Å². The predicted octanol–water partition coefficient (Wildman–Crippen LogP) is 2.74. The van der Waals surface area contributed by atoms with Gasteiger partial charge in [-0.25, -0.2) is 4.39 Å². The summed E-state index contributed by atoms with van der Waals surface area (Å²) in [6, 6.07) is 6.46. The zero-order valence-electron chi connectivity index (χ0n) is 11.0. The molecule has 0 amide bonds. The monoisotopic (exact) mass is 325 g/mol. The van der Waals surface area contributed by atoms with Gasteiger partial charge in [-0.2, -0.15) is 5.10 Å². The third-order valence-corrected chi connectivity index (χ3v) is 4.16. The first-order valence-electron chi connectivity index (χ1n) is 6.15. The lowest BCUT2D eigenvalue weighted by Crippen LogP contribution is -2.26. The summed E-state index contributed by atoms with van der Waals surface area (Å²) >= 11 is 3.54. The van der Waals surface area contributed by atoms with Crippen LogP contribution in [0.2, 0.25) is 0 Å². The van der Waals surface area contributed by atoms with Crippen molar-refractivity contribution in [2.75, 3.05) is 0 Å². The zero-order chi connectivity index (χ0) is 14.0. The first kappa shape index (κ1) is 14.2. The van der Waals surface area contributed by atoms with E-state index >= 15 is 0 Å². The van der Waals surface area contributed by atoms with Gasteiger partial charge in [-0.3, -0.25) is 4.68 Å². The Balaban J connectivity index is 2.05. The Bertz CT molecular complexity index is 563. The van der Waals surface area contributed by atoms with E-state index in [1.165, 1.54) is 12.1 Å². The average Bonchev–Trinajstić information content (AvgIpc) is 2.59. The van der Waals surface area contributed by atoms with Gasteiger partial charge >= 0.3 is 0 Å². The van der Waals surface area contributed by atoms with E-state index < -0.39 is 0 Å².